The van der Waals surface area contributed by atoms with Crippen LogP contribution in [0.4, 0.5) is 0 Å². The first kappa shape index (κ1) is 22.4. The lowest BCUT2D eigenvalue weighted by Gasteiger charge is -2.06. The van der Waals surface area contributed by atoms with Crippen LogP contribution in [0, 0.1) is 20.8 Å². The largest absolute Gasteiger partial charge is 0.383 e. The Kier molecular flexibility index (Phi) is 6.90. The van der Waals surface area contributed by atoms with Crippen LogP contribution in [0.1, 0.15) is 23.1 Å². The van der Waals surface area contributed by atoms with Crippen molar-refractivity contribution >= 4 is 37.3 Å². The van der Waals surface area contributed by atoms with Gasteiger partial charge in [0.1, 0.15) is 0 Å². The molecule has 0 fully saturated rings. The van der Waals surface area contributed by atoms with Gasteiger partial charge >= 0.3 is 0 Å². The maximum atomic E-state index is 12.5. The number of benzene rings is 2. The van der Waals surface area contributed by atoms with Crippen LogP contribution in [0.5, 0.6) is 0 Å². The summed E-state index contributed by atoms with van der Waals surface area (Å²) in [5.74, 6) is -0.712. The molecule has 0 aliphatic carbocycles. The van der Waals surface area contributed by atoms with E-state index in [4.69, 9.17) is 4.74 Å². The molecular weight excluding hydrogens is 420 g/mol. The Bertz CT molecular complexity index is 1240. The number of carbonyl (C=O) groups excluding carboxylic acids is 1. The highest BCUT2D eigenvalue weighted by atomic mass is 32.2. The smallest absolute Gasteiger partial charge is 0.249 e. The van der Waals surface area contributed by atoms with Crippen molar-refractivity contribution in [2.24, 2.45) is 4.99 Å². The average Bonchev–Trinajstić information content (AvgIpc) is 3.01. The number of hydrogen-bond donors (Lipinski definition) is 0. The van der Waals surface area contributed by atoms with Crippen molar-refractivity contribution in [1.29, 1.82) is 0 Å². The molecule has 0 saturated carbocycles. The third-order valence-corrected chi connectivity index (χ3v) is 7.78. The monoisotopic (exact) mass is 446 g/mol. The van der Waals surface area contributed by atoms with E-state index >= 15 is 0 Å². The summed E-state index contributed by atoms with van der Waals surface area (Å²) < 4.78 is 33.2. The maximum Gasteiger partial charge on any atom is 0.249 e. The lowest BCUT2D eigenvalue weighted by atomic mass is 10.1. The standard InChI is InChI=1S/C22H26N2O4S2/c1-15-5-7-18(8-6-15)30(26,27)12-9-21(25)23-22-24(10-11-28-4)19-13-16(2)17(3)14-20(19)29-22/h5-8,13-14H,9-12H2,1-4H3. The van der Waals surface area contributed by atoms with E-state index in [1.807, 2.05) is 25.3 Å². The number of fused-ring (bicyclic) bond motifs is 1. The number of sulfone groups is 1. The van der Waals surface area contributed by atoms with E-state index in [-0.39, 0.29) is 17.1 Å². The number of methoxy groups -OCH3 is 1. The highest BCUT2D eigenvalue weighted by Crippen LogP contribution is 2.22. The van der Waals surface area contributed by atoms with Gasteiger partial charge in [0, 0.05) is 20.1 Å². The Morgan fingerprint density at radius 1 is 1.10 bits per heavy atom. The SMILES string of the molecule is COCCn1c(=NC(=O)CCS(=O)(=O)c2ccc(C)cc2)sc2cc(C)c(C)cc21. The molecule has 1 aromatic heterocycles. The summed E-state index contributed by atoms with van der Waals surface area (Å²) in [5, 5.41) is 0. The lowest BCUT2D eigenvalue weighted by Crippen LogP contribution is -2.20. The summed E-state index contributed by atoms with van der Waals surface area (Å²) >= 11 is 1.43. The fourth-order valence-electron chi connectivity index (χ4n) is 3.05. The van der Waals surface area contributed by atoms with E-state index < -0.39 is 15.7 Å². The third kappa shape index (κ3) is 5.06. The van der Waals surface area contributed by atoms with Gasteiger partial charge in [-0.3, -0.25) is 4.79 Å². The van der Waals surface area contributed by atoms with Gasteiger partial charge in [0.25, 0.3) is 0 Å². The second-order valence-electron chi connectivity index (χ2n) is 7.32. The Morgan fingerprint density at radius 3 is 2.43 bits per heavy atom. The van der Waals surface area contributed by atoms with Gasteiger partial charge < -0.3 is 9.30 Å². The van der Waals surface area contributed by atoms with Crippen molar-refractivity contribution in [3.8, 4) is 0 Å². The first-order valence-corrected chi connectivity index (χ1v) is 12.1. The fraction of sp³-hybridized carbons (Fsp3) is 0.364. The highest BCUT2D eigenvalue weighted by Gasteiger charge is 2.17. The van der Waals surface area contributed by atoms with E-state index in [1.54, 1.807) is 31.4 Å². The lowest BCUT2D eigenvalue weighted by molar-refractivity contribution is -0.117. The van der Waals surface area contributed by atoms with Crippen LogP contribution in [-0.4, -0.2) is 38.4 Å². The van der Waals surface area contributed by atoms with Gasteiger partial charge in [0.2, 0.25) is 5.91 Å². The summed E-state index contributed by atoms with van der Waals surface area (Å²) in [5.41, 5.74) is 4.31. The molecule has 30 heavy (non-hydrogen) atoms. The van der Waals surface area contributed by atoms with Crippen molar-refractivity contribution < 1.29 is 17.9 Å². The average molecular weight is 447 g/mol. The number of amides is 1. The van der Waals surface area contributed by atoms with Gasteiger partial charge in [0.05, 0.1) is 27.5 Å². The molecule has 0 atom stereocenters. The third-order valence-electron chi connectivity index (χ3n) is 5.00. The molecule has 0 unspecified atom stereocenters. The van der Waals surface area contributed by atoms with Gasteiger partial charge in [-0.25, -0.2) is 8.42 Å². The van der Waals surface area contributed by atoms with Gasteiger partial charge in [-0.15, -0.1) is 0 Å². The van der Waals surface area contributed by atoms with Crippen LogP contribution in [0.25, 0.3) is 10.2 Å². The molecule has 1 heterocycles. The highest BCUT2D eigenvalue weighted by molar-refractivity contribution is 7.91. The molecule has 6 nitrogen and oxygen atoms in total. The molecule has 160 valence electrons. The zero-order valence-electron chi connectivity index (χ0n) is 17.6. The maximum absolute atomic E-state index is 12.5. The molecule has 3 rings (SSSR count). The topological polar surface area (TPSA) is 77.7 Å². The Morgan fingerprint density at radius 2 is 1.77 bits per heavy atom. The number of nitrogens with zero attached hydrogens (tertiary/aromatic N) is 2. The minimum atomic E-state index is -3.53. The van der Waals surface area contributed by atoms with Gasteiger partial charge in [-0.05, 0) is 56.2 Å². The van der Waals surface area contributed by atoms with Gasteiger partial charge in [-0.1, -0.05) is 29.0 Å². The molecule has 0 aliphatic rings. The van der Waals surface area contributed by atoms with Crippen LogP contribution in [-0.2, 0) is 25.9 Å². The molecule has 8 heteroatoms. The number of ether oxygens (including phenoxy) is 1. The predicted molar refractivity (Wildman–Crippen MR) is 120 cm³/mol. The Labute approximate surface area is 180 Å². The van der Waals surface area contributed by atoms with Crippen molar-refractivity contribution in [2.75, 3.05) is 19.5 Å². The van der Waals surface area contributed by atoms with E-state index in [9.17, 15) is 13.2 Å². The summed E-state index contributed by atoms with van der Waals surface area (Å²) in [7, 11) is -1.90. The van der Waals surface area contributed by atoms with E-state index in [0.29, 0.717) is 18.0 Å². The first-order chi connectivity index (χ1) is 14.2. The van der Waals surface area contributed by atoms with Crippen molar-refractivity contribution in [2.45, 2.75) is 38.6 Å². The van der Waals surface area contributed by atoms with Crippen molar-refractivity contribution in [1.82, 2.24) is 4.57 Å². The second kappa shape index (κ2) is 9.24. The molecule has 0 bridgehead atoms. The summed E-state index contributed by atoms with van der Waals surface area (Å²) in [6.07, 6.45) is -0.160. The van der Waals surface area contributed by atoms with E-state index in [1.165, 1.54) is 16.9 Å². The minimum Gasteiger partial charge on any atom is -0.383 e. The quantitative estimate of drug-likeness (QED) is 0.556. The fourth-order valence-corrected chi connectivity index (χ4v) is 5.44. The number of rotatable bonds is 7. The number of aryl methyl sites for hydroxylation is 3. The number of hydrogen-bond acceptors (Lipinski definition) is 5. The second-order valence-corrected chi connectivity index (χ2v) is 10.4. The molecular formula is C22H26N2O4S2. The van der Waals surface area contributed by atoms with Crippen LogP contribution < -0.4 is 4.80 Å². The molecule has 0 saturated heterocycles. The van der Waals surface area contributed by atoms with E-state index in [2.05, 4.69) is 17.1 Å². The van der Waals surface area contributed by atoms with Crippen LogP contribution >= 0.6 is 11.3 Å². The van der Waals surface area contributed by atoms with Crippen molar-refractivity contribution in [3.63, 3.8) is 0 Å². The van der Waals surface area contributed by atoms with Gasteiger partial charge in [0.15, 0.2) is 14.6 Å². The summed E-state index contributed by atoms with van der Waals surface area (Å²) in [6.45, 7) is 7.04. The minimum absolute atomic E-state index is 0.160. The normalized spacial score (nSPS) is 12.6. The molecule has 0 aliphatic heterocycles. The molecule has 2 aromatic carbocycles. The number of carbonyl (C=O) groups is 1. The van der Waals surface area contributed by atoms with E-state index in [0.717, 1.165) is 21.3 Å². The van der Waals surface area contributed by atoms with Crippen molar-refractivity contribution in [3.05, 3.63) is 57.9 Å². The number of aromatic nitrogens is 1. The van der Waals surface area contributed by atoms with Gasteiger partial charge in [-0.2, -0.15) is 4.99 Å². The Balaban J connectivity index is 1.88. The molecule has 0 radical (unpaired) electrons. The molecule has 1 amide bonds. The van der Waals surface area contributed by atoms with Crippen LogP contribution in [0.3, 0.4) is 0 Å². The molecule has 0 spiro atoms. The zero-order valence-corrected chi connectivity index (χ0v) is 19.3. The Hall–Kier alpha value is -2.29. The summed E-state index contributed by atoms with van der Waals surface area (Å²) in [6, 6.07) is 10.8. The first-order valence-electron chi connectivity index (χ1n) is 9.68. The van der Waals surface area contributed by atoms with Crippen LogP contribution in [0.2, 0.25) is 0 Å². The number of thiazole rings is 1. The summed E-state index contributed by atoms with van der Waals surface area (Å²) in [4.78, 5) is 17.5. The predicted octanol–water partition coefficient (Wildman–Crippen LogP) is 3.57. The van der Waals surface area contributed by atoms with Crippen LogP contribution in [0.15, 0.2) is 46.3 Å². The molecule has 0 N–H and O–H groups in total. The molecule has 3 aromatic rings. The zero-order chi connectivity index (χ0) is 21.9.